The third kappa shape index (κ3) is 5.14. The summed E-state index contributed by atoms with van der Waals surface area (Å²) in [6.45, 7) is 1.63. The molecule has 2 aromatic rings. The van der Waals surface area contributed by atoms with Crippen molar-refractivity contribution in [2.45, 2.75) is 31.1 Å². The third-order valence-electron chi connectivity index (χ3n) is 4.12. The number of anilines is 1. The summed E-state index contributed by atoms with van der Waals surface area (Å²) in [4.78, 5) is 38.4. The lowest BCUT2D eigenvalue weighted by atomic mass is 10.1. The van der Waals surface area contributed by atoms with Crippen molar-refractivity contribution in [1.82, 2.24) is 0 Å². The lowest BCUT2D eigenvalue weighted by Gasteiger charge is -2.08. The topological polar surface area (TPSA) is 81.7 Å². The minimum atomic E-state index is -0.469. The molecule has 0 saturated carbocycles. The first kappa shape index (κ1) is 20.4. The quantitative estimate of drug-likeness (QED) is 0.519. The maximum atomic E-state index is 12.3. The molecule has 0 fully saturated rings. The molecule has 6 nitrogen and oxygen atoms in total. The van der Waals surface area contributed by atoms with E-state index >= 15 is 0 Å². The number of nitrogens with one attached hydrogen (secondary N) is 1. The predicted octanol–water partition coefficient (Wildman–Crippen LogP) is 3.69. The molecule has 1 aliphatic carbocycles. The zero-order chi connectivity index (χ0) is 19.9. The molecular weight excluding hydrogens is 398 g/mol. The fourth-order valence-electron chi connectivity index (χ4n) is 2.92. The molecule has 28 heavy (non-hydrogen) atoms. The Bertz CT molecular complexity index is 863. The molecule has 0 aliphatic heterocycles. The van der Waals surface area contributed by atoms with E-state index in [0.29, 0.717) is 10.6 Å². The summed E-state index contributed by atoms with van der Waals surface area (Å²) >= 11 is 2.74. The molecule has 8 heteroatoms. The zero-order valence-corrected chi connectivity index (χ0v) is 17.1. The van der Waals surface area contributed by atoms with Crippen LogP contribution in [0.1, 0.15) is 34.1 Å². The van der Waals surface area contributed by atoms with Gasteiger partial charge in [0, 0.05) is 9.77 Å². The predicted molar refractivity (Wildman–Crippen MR) is 109 cm³/mol. The van der Waals surface area contributed by atoms with E-state index in [0.717, 1.165) is 34.6 Å². The van der Waals surface area contributed by atoms with E-state index in [1.54, 1.807) is 6.92 Å². The van der Waals surface area contributed by atoms with Crippen LogP contribution in [0.25, 0.3) is 0 Å². The highest BCUT2D eigenvalue weighted by atomic mass is 32.2. The fourth-order valence-corrected chi connectivity index (χ4v) is 4.93. The Morgan fingerprint density at radius 1 is 1.14 bits per heavy atom. The van der Waals surface area contributed by atoms with Gasteiger partial charge in [0.1, 0.15) is 5.00 Å². The second-order valence-electron chi connectivity index (χ2n) is 6.09. The Labute approximate surface area is 171 Å². The molecule has 1 aromatic heterocycles. The van der Waals surface area contributed by atoms with Crippen LogP contribution < -0.4 is 5.32 Å². The summed E-state index contributed by atoms with van der Waals surface area (Å²) in [5.74, 6) is -1.24. The van der Waals surface area contributed by atoms with Crippen molar-refractivity contribution in [3.63, 3.8) is 0 Å². The van der Waals surface area contributed by atoms with Gasteiger partial charge in [-0.05, 0) is 43.9 Å². The van der Waals surface area contributed by atoms with Crippen molar-refractivity contribution in [3.8, 4) is 0 Å². The fraction of sp³-hybridized carbons (Fsp3) is 0.350. The van der Waals surface area contributed by atoms with E-state index in [1.165, 1.54) is 23.1 Å². The van der Waals surface area contributed by atoms with Crippen molar-refractivity contribution in [3.05, 3.63) is 46.3 Å². The molecule has 1 heterocycles. The second-order valence-corrected chi connectivity index (χ2v) is 8.25. The van der Waals surface area contributed by atoms with Crippen molar-refractivity contribution in [2.75, 3.05) is 24.3 Å². The minimum absolute atomic E-state index is 0.124. The van der Waals surface area contributed by atoms with Crippen molar-refractivity contribution in [1.29, 1.82) is 0 Å². The summed E-state index contributed by atoms with van der Waals surface area (Å²) in [6.07, 6.45) is 2.70. The van der Waals surface area contributed by atoms with Crippen LogP contribution in [0.5, 0.6) is 0 Å². The number of carbonyl (C=O) groups excluding carboxylic acids is 3. The molecule has 3 rings (SSSR count). The smallest absolute Gasteiger partial charge is 0.341 e. The van der Waals surface area contributed by atoms with Gasteiger partial charge in [-0.15, -0.1) is 23.1 Å². The Kier molecular flexibility index (Phi) is 7.11. The van der Waals surface area contributed by atoms with Gasteiger partial charge < -0.3 is 14.8 Å². The molecule has 0 unspecified atom stereocenters. The highest BCUT2D eigenvalue weighted by molar-refractivity contribution is 8.00. The van der Waals surface area contributed by atoms with Gasteiger partial charge in [-0.2, -0.15) is 0 Å². The first-order valence-electron chi connectivity index (χ1n) is 9.03. The second kappa shape index (κ2) is 9.75. The van der Waals surface area contributed by atoms with Crippen LogP contribution in [-0.4, -0.2) is 36.8 Å². The average molecular weight is 420 g/mol. The largest absolute Gasteiger partial charge is 0.462 e. The Balaban J connectivity index is 1.53. The van der Waals surface area contributed by atoms with Crippen molar-refractivity contribution < 1.29 is 23.9 Å². The number of benzene rings is 1. The van der Waals surface area contributed by atoms with Gasteiger partial charge >= 0.3 is 11.9 Å². The van der Waals surface area contributed by atoms with E-state index in [2.05, 4.69) is 5.32 Å². The minimum Gasteiger partial charge on any atom is -0.462 e. The van der Waals surface area contributed by atoms with Gasteiger partial charge in [0.05, 0.1) is 17.9 Å². The first-order valence-corrected chi connectivity index (χ1v) is 10.8. The van der Waals surface area contributed by atoms with Crippen molar-refractivity contribution in [2.24, 2.45) is 0 Å². The summed E-state index contributed by atoms with van der Waals surface area (Å²) in [6, 6.07) is 9.48. The number of amides is 1. The number of carbonyl (C=O) groups is 3. The van der Waals surface area contributed by atoms with Crippen LogP contribution in [0.15, 0.2) is 35.2 Å². The highest BCUT2D eigenvalue weighted by Crippen LogP contribution is 2.39. The number of aryl methyl sites for hydroxylation is 1. The normalized spacial score (nSPS) is 12.3. The standard InChI is InChI=1S/C20H21NO5S2/c1-2-25-20(24)18-14-9-6-10-15(14)28-19(18)21-16(22)11-26-17(23)12-27-13-7-4-3-5-8-13/h3-5,7-8H,2,6,9-12H2,1H3,(H,21,22). The van der Waals surface area contributed by atoms with Gasteiger partial charge in [0.2, 0.25) is 0 Å². The molecule has 1 amide bonds. The lowest BCUT2D eigenvalue weighted by molar-refractivity contribution is -0.144. The Morgan fingerprint density at radius 2 is 1.93 bits per heavy atom. The zero-order valence-electron chi connectivity index (χ0n) is 15.5. The van der Waals surface area contributed by atoms with Crippen LogP contribution in [-0.2, 0) is 31.9 Å². The van der Waals surface area contributed by atoms with Gasteiger partial charge in [-0.3, -0.25) is 9.59 Å². The number of hydrogen-bond donors (Lipinski definition) is 1. The Morgan fingerprint density at radius 3 is 2.68 bits per heavy atom. The summed E-state index contributed by atoms with van der Waals surface area (Å²) in [5, 5.41) is 3.18. The van der Waals surface area contributed by atoms with E-state index in [4.69, 9.17) is 9.47 Å². The van der Waals surface area contributed by atoms with Gasteiger partial charge in [0.15, 0.2) is 6.61 Å². The maximum Gasteiger partial charge on any atom is 0.341 e. The van der Waals surface area contributed by atoms with E-state index in [9.17, 15) is 14.4 Å². The average Bonchev–Trinajstić information content (AvgIpc) is 3.26. The van der Waals surface area contributed by atoms with Gasteiger partial charge in [0.25, 0.3) is 5.91 Å². The summed E-state index contributed by atoms with van der Waals surface area (Å²) in [7, 11) is 0. The molecule has 0 atom stereocenters. The summed E-state index contributed by atoms with van der Waals surface area (Å²) < 4.78 is 10.2. The van der Waals surface area contributed by atoms with Crippen LogP contribution in [0.2, 0.25) is 0 Å². The Hall–Kier alpha value is -2.32. The SMILES string of the molecule is CCOC(=O)c1c(NC(=O)COC(=O)CSc2ccccc2)sc2c1CCC2. The number of rotatable bonds is 8. The molecule has 1 aliphatic rings. The lowest BCUT2D eigenvalue weighted by Crippen LogP contribution is -2.22. The van der Waals surface area contributed by atoms with E-state index in [-0.39, 0.29) is 19.0 Å². The van der Waals surface area contributed by atoms with Gasteiger partial charge in [-0.1, -0.05) is 18.2 Å². The number of esters is 2. The monoisotopic (exact) mass is 419 g/mol. The molecule has 1 N–H and O–H groups in total. The summed E-state index contributed by atoms with van der Waals surface area (Å²) in [5.41, 5.74) is 1.41. The molecule has 1 aromatic carbocycles. The number of fused-ring (bicyclic) bond motifs is 1. The van der Waals surface area contributed by atoms with Crippen LogP contribution in [0.4, 0.5) is 5.00 Å². The molecular formula is C20H21NO5S2. The van der Waals surface area contributed by atoms with E-state index < -0.39 is 17.8 Å². The first-order chi connectivity index (χ1) is 13.6. The number of ether oxygens (including phenoxy) is 2. The molecule has 0 bridgehead atoms. The highest BCUT2D eigenvalue weighted by Gasteiger charge is 2.28. The van der Waals surface area contributed by atoms with Crippen molar-refractivity contribution >= 4 is 45.9 Å². The van der Waals surface area contributed by atoms with Crippen LogP contribution >= 0.6 is 23.1 Å². The molecule has 0 spiro atoms. The van der Waals surface area contributed by atoms with E-state index in [1.807, 2.05) is 30.3 Å². The van der Waals surface area contributed by atoms with Crippen LogP contribution in [0.3, 0.4) is 0 Å². The maximum absolute atomic E-state index is 12.3. The third-order valence-corrected chi connectivity index (χ3v) is 6.31. The molecule has 0 radical (unpaired) electrons. The number of hydrogen-bond acceptors (Lipinski definition) is 7. The molecule has 148 valence electrons. The van der Waals surface area contributed by atoms with Gasteiger partial charge in [-0.25, -0.2) is 4.79 Å². The number of thiophene rings is 1. The number of thioether (sulfide) groups is 1. The molecule has 0 saturated heterocycles. The van der Waals surface area contributed by atoms with Crippen LogP contribution in [0, 0.1) is 0 Å².